The van der Waals surface area contributed by atoms with E-state index in [1.165, 1.54) is 0 Å². The van der Waals surface area contributed by atoms with Gasteiger partial charge in [-0.2, -0.15) is 0 Å². The van der Waals surface area contributed by atoms with Crippen molar-refractivity contribution in [2.45, 2.75) is 29.8 Å². The van der Waals surface area contributed by atoms with Crippen molar-refractivity contribution in [1.82, 2.24) is 4.90 Å². The second-order valence-corrected chi connectivity index (χ2v) is 7.79. The van der Waals surface area contributed by atoms with Crippen LogP contribution >= 0.6 is 0 Å². The number of hydrogen-bond donors (Lipinski definition) is 5. The third kappa shape index (κ3) is 3.28. The highest BCUT2D eigenvalue weighted by molar-refractivity contribution is 6.48. The standard InChI is InChI=1S/C17H23BN2O7/c19-17(7-21,8-22)6-20-4-9(5-20)26-13-2-1-10-11-3-12(11)18(25)27-15(10)14(13)16(23)24/h1-2,9,11-12,21-22,25H,3-8,19H2,(H,23,24). The molecular weight excluding hydrogens is 355 g/mol. The highest BCUT2D eigenvalue weighted by Gasteiger charge is 2.54. The van der Waals surface area contributed by atoms with Gasteiger partial charge < -0.3 is 35.5 Å². The SMILES string of the molecule is NC(CO)(CO)CN1CC(Oc2ccc3c(c2C(=O)O)OB(O)C2CC32)C1. The summed E-state index contributed by atoms with van der Waals surface area (Å²) >= 11 is 0. The third-order valence-corrected chi connectivity index (χ3v) is 5.59. The van der Waals surface area contributed by atoms with E-state index in [-0.39, 0.29) is 48.1 Å². The first-order chi connectivity index (χ1) is 12.8. The van der Waals surface area contributed by atoms with Gasteiger partial charge in [0.2, 0.25) is 0 Å². The molecule has 4 rings (SSSR count). The lowest BCUT2D eigenvalue weighted by Crippen LogP contribution is -2.63. The minimum Gasteiger partial charge on any atom is -0.535 e. The van der Waals surface area contributed by atoms with Gasteiger partial charge in [0, 0.05) is 25.5 Å². The molecule has 146 valence electrons. The van der Waals surface area contributed by atoms with E-state index in [9.17, 15) is 25.1 Å². The van der Waals surface area contributed by atoms with Crippen LogP contribution in [0.15, 0.2) is 12.1 Å². The van der Waals surface area contributed by atoms with Gasteiger partial charge in [-0.1, -0.05) is 6.07 Å². The van der Waals surface area contributed by atoms with E-state index in [1.54, 1.807) is 6.07 Å². The van der Waals surface area contributed by atoms with Crippen molar-refractivity contribution in [3.8, 4) is 11.5 Å². The Bertz CT molecular complexity index is 751. The molecule has 1 saturated heterocycles. The Morgan fingerprint density at radius 3 is 2.70 bits per heavy atom. The van der Waals surface area contributed by atoms with Crippen LogP contribution in [0.2, 0.25) is 5.82 Å². The molecule has 10 heteroatoms. The number of aliphatic hydroxyl groups excluding tert-OH is 2. The number of aliphatic hydroxyl groups is 2. The number of rotatable bonds is 7. The fraction of sp³-hybridized carbons (Fsp3) is 0.588. The van der Waals surface area contributed by atoms with Gasteiger partial charge in [-0.3, -0.25) is 4.90 Å². The molecule has 2 unspecified atom stereocenters. The summed E-state index contributed by atoms with van der Waals surface area (Å²) in [7, 11) is -0.982. The predicted molar refractivity (Wildman–Crippen MR) is 95.1 cm³/mol. The normalized spacial score (nSPS) is 24.5. The number of nitrogens with zero attached hydrogens (tertiary/aromatic N) is 1. The smallest absolute Gasteiger partial charge is 0.526 e. The minimum absolute atomic E-state index is 0.0423. The molecule has 2 heterocycles. The predicted octanol–water partition coefficient (Wildman–Crippen LogP) is -1.14. The molecule has 6 N–H and O–H groups in total. The lowest BCUT2D eigenvalue weighted by atomic mass is 9.77. The van der Waals surface area contributed by atoms with Crippen molar-refractivity contribution in [3.63, 3.8) is 0 Å². The Morgan fingerprint density at radius 1 is 1.37 bits per heavy atom. The first-order valence-corrected chi connectivity index (χ1v) is 9.00. The van der Waals surface area contributed by atoms with Crippen molar-refractivity contribution in [2.24, 2.45) is 5.73 Å². The van der Waals surface area contributed by atoms with Crippen LogP contribution in [0.5, 0.6) is 11.5 Å². The molecule has 1 aliphatic carbocycles. The number of likely N-dealkylation sites (tertiary alicyclic amines) is 1. The zero-order valence-corrected chi connectivity index (χ0v) is 14.7. The van der Waals surface area contributed by atoms with Gasteiger partial charge in [-0.15, -0.1) is 0 Å². The zero-order chi connectivity index (χ0) is 19.3. The Balaban J connectivity index is 1.46. The molecular formula is C17H23BN2O7. The molecule has 1 aromatic carbocycles. The average molecular weight is 378 g/mol. The summed E-state index contributed by atoms with van der Waals surface area (Å²) in [5.74, 6) is -0.569. The number of aromatic carboxylic acids is 1. The highest BCUT2D eigenvalue weighted by Crippen LogP contribution is 2.60. The summed E-state index contributed by atoms with van der Waals surface area (Å²) in [6.45, 7) is 0.656. The molecule has 3 aliphatic rings. The summed E-state index contributed by atoms with van der Waals surface area (Å²) < 4.78 is 11.3. The second kappa shape index (κ2) is 6.64. The van der Waals surface area contributed by atoms with E-state index >= 15 is 0 Å². The lowest BCUT2D eigenvalue weighted by Gasteiger charge is -2.43. The van der Waals surface area contributed by atoms with E-state index in [0.29, 0.717) is 19.6 Å². The van der Waals surface area contributed by atoms with Gasteiger partial charge in [0.25, 0.3) is 0 Å². The molecule has 1 aromatic rings. The van der Waals surface area contributed by atoms with Crippen LogP contribution < -0.4 is 15.1 Å². The van der Waals surface area contributed by atoms with E-state index in [2.05, 4.69) is 0 Å². The molecule has 0 bridgehead atoms. The van der Waals surface area contributed by atoms with E-state index < -0.39 is 18.6 Å². The Hall–Kier alpha value is -1.85. The Morgan fingerprint density at radius 2 is 2.07 bits per heavy atom. The van der Waals surface area contributed by atoms with Crippen molar-refractivity contribution in [1.29, 1.82) is 0 Å². The van der Waals surface area contributed by atoms with Crippen LogP contribution in [-0.4, -0.2) is 82.8 Å². The molecule has 27 heavy (non-hydrogen) atoms. The van der Waals surface area contributed by atoms with Gasteiger partial charge in [-0.25, -0.2) is 4.79 Å². The Kier molecular flexibility index (Phi) is 4.56. The number of fused-ring (bicyclic) bond motifs is 3. The van der Waals surface area contributed by atoms with Gasteiger partial charge in [0.15, 0.2) is 0 Å². The molecule has 0 amide bonds. The van der Waals surface area contributed by atoms with Gasteiger partial charge in [0.05, 0.1) is 18.8 Å². The Labute approximate surface area is 156 Å². The number of carboxylic acid groups (broad SMARTS) is 1. The van der Waals surface area contributed by atoms with Crippen LogP contribution in [0, 0.1) is 0 Å². The van der Waals surface area contributed by atoms with E-state index in [0.717, 1.165) is 12.0 Å². The van der Waals surface area contributed by atoms with Crippen molar-refractivity contribution < 1.29 is 34.5 Å². The summed E-state index contributed by atoms with van der Waals surface area (Å²) in [6, 6.07) is 3.46. The van der Waals surface area contributed by atoms with Crippen LogP contribution in [0.25, 0.3) is 0 Å². The number of ether oxygens (including phenoxy) is 1. The number of carbonyl (C=O) groups is 1. The largest absolute Gasteiger partial charge is 0.535 e. The van der Waals surface area contributed by atoms with E-state index in [4.69, 9.17) is 15.1 Å². The molecule has 9 nitrogen and oxygen atoms in total. The first-order valence-electron chi connectivity index (χ1n) is 9.00. The van der Waals surface area contributed by atoms with Crippen molar-refractivity contribution in [2.75, 3.05) is 32.8 Å². The average Bonchev–Trinajstić information content (AvgIpc) is 3.40. The maximum absolute atomic E-state index is 11.8. The second-order valence-electron chi connectivity index (χ2n) is 7.79. The number of carboxylic acids is 1. The van der Waals surface area contributed by atoms with Crippen LogP contribution in [0.3, 0.4) is 0 Å². The summed E-state index contributed by atoms with van der Waals surface area (Å²) in [4.78, 5) is 13.7. The quantitative estimate of drug-likeness (QED) is 0.372. The first kappa shape index (κ1) is 18.5. The van der Waals surface area contributed by atoms with Crippen molar-refractivity contribution in [3.05, 3.63) is 23.3 Å². The number of benzene rings is 1. The molecule has 1 saturated carbocycles. The third-order valence-electron chi connectivity index (χ3n) is 5.59. The zero-order valence-electron chi connectivity index (χ0n) is 14.7. The highest BCUT2D eigenvalue weighted by atomic mass is 16.5. The van der Waals surface area contributed by atoms with E-state index in [1.807, 2.05) is 11.0 Å². The topological polar surface area (TPSA) is 146 Å². The number of nitrogens with two attached hydrogens (primary N) is 1. The van der Waals surface area contributed by atoms with Crippen LogP contribution in [-0.2, 0) is 0 Å². The number of hydrogen-bond acceptors (Lipinski definition) is 8. The van der Waals surface area contributed by atoms with Gasteiger partial charge in [-0.05, 0) is 24.0 Å². The summed E-state index contributed by atoms with van der Waals surface area (Å²) in [5, 5.41) is 38.2. The fourth-order valence-electron chi connectivity index (χ4n) is 3.90. The summed E-state index contributed by atoms with van der Waals surface area (Å²) in [5.41, 5.74) is 5.55. The molecule has 2 atom stereocenters. The lowest BCUT2D eigenvalue weighted by molar-refractivity contribution is -0.0121. The monoisotopic (exact) mass is 378 g/mol. The molecule has 0 aromatic heterocycles. The van der Waals surface area contributed by atoms with Gasteiger partial charge in [0.1, 0.15) is 23.2 Å². The summed E-state index contributed by atoms with van der Waals surface area (Å²) in [6.07, 6.45) is 0.562. The molecule has 2 aliphatic heterocycles. The molecule has 2 fully saturated rings. The molecule has 0 spiro atoms. The maximum Gasteiger partial charge on any atom is 0.526 e. The van der Waals surface area contributed by atoms with Crippen molar-refractivity contribution >= 4 is 13.1 Å². The van der Waals surface area contributed by atoms with Crippen LogP contribution in [0.1, 0.15) is 28.3 Å². The van der Waals surface area contributed by atoms with Crippen LogP contribution in [0.4, 0.5) is 0 Å². The maximum atomic E-state index is 11.8. The molecule has 0 radical (unpaired) electrons. The fourth-order valence-corrected chi connectivity index (χ4v) is 3.90. The minimum atomic E-state index is -1.16. The van der Waals surface area contributed by atoms with Gasteiger partial charge >= 0.3 is 13.1 Å².